The van der Waals surface area contributed by atoms with Crippen LogP contribution in [0.25, 0.3) is 0 Å². The van der Waals surface area contributed by atoms with Crippen molar-refractivity contribution in [3.05, 3.63) is 0 Å². The van der Waals surface area contributed by atoms with Gasteiger partial charge in [0.2, 0.25) is 11.8 Å². The smallest absolute Gasteiger partial charge is 0.228 e. The monoisotopic (exact) mass is 280 g/mol. The summed E-state index contributed by atoms with van der Waals surface area (Å²) in [5, 5.41) is 3.07. The molecule has 3 saturated heterocycles. The Balaban J connectivity index is 1.61. The van der Waals surface area contributed by atoms with Crippen LogP contribution in [0.5, 0.6) is 0 Å². The molecule has 0 saturated carbocycles. The number of nitrogens with one attached hydrogen (secondary N) is 1. The minimum absolute atomic E-state index is 0.0507. The highest BCUT2D eigenvalue weighted by atomic mass is 16.5. The summed E-state index contributed by atoms with van der Waals surface area (Å²) in [6, 6.07) is 0.280. The Kier molecular flexibility index (Phi) is 3.96. The van der Waals surface area contributed by atoms with Crippen LogP contribution in [0.1, 0.15) is 39.0 Å². The van der Waals surface area contributed by atoms with Gasteiger partial charge in [-0.05, 0) is 31.6 Å². The maximum atomic E-state index is 12.7. The number of rotatable bonds is 2. The topological polar surface area (TPSA) is 58.6 Å². The molecule has 3 rings (SSSR count). The van der Waals surface area contributed by atoms with E-state index in [1.165, 1.54) is 0 Å². The lowest BCUT2D eigenvalue weighted by Gasteiger charge is -2.42. The van der Waals surface area contributed by atoms with E-state index in [4.69, 9.17) is 4.74 Å². The third-order valence-corrected chi connectivity index (χ3v) is 5.06. The van der Waals surface area contributed by atoms with Crippen LogP contribution in [0.2, 0.25) is 0 Å². The summed E-state index contributed by atoms with van der Waals surface area (Å²) in [7, 11) is 0. The molecular weight excluding hydrogens is 256 g/mol. The molecule has 0 radical (unpaired) electrons. The van der Waals surface area contributed by atoms with E-state index in [2.05, 4.69) is 12.2 Å². The molecule has 5 nitrogen and oxygen atoms in total. The van der Waals surface area contributed by atoms with Gasteiger partial charge >= 0.3 is 0 Å². The molecule has 3 aliphatic rings. The molecular formula is C15H24N2O3. The molecule has 5 heteroatoms. The summed E-state index contributed by atoms with van der Waals surface area (Å²) in [5.74, 6) is 0.925. The van der Waals surface area contributed by atoms with E-state index >= 15 is 0 Å². The summed E-state index contributed by atoms with van der Waals surface area (Å²) in [5.41, 5.74) is 0. The minimum Gasteiger partial charge on any atom is -0.377 e. The van der Waals surface area contributed by atoms with Crippen molar-refractivity contribution in [3.8, 4) is 0 Å². The largest absolute Gasteiger partial charge is 0.377 e. The molecule has 0 bridgehead atoms. The van der Waals surface area contributed by atoms with Crippen molar-refractivity contribution in [3.63, 3.8) is 0 Å². The Morgan fingerprint density at radius 1 is 1.40 bits per heavy atom. The normalized spacial score (nSPS) is 37.5. The van der Waals surface area contributed by atoms with Crippen molar-refractivity contribution >= 4 is 11.8 Å². The molecule has 3 aliphatic heterocycles. The molecule has 4 atom stereocenters. The van der Waals surface area contributed by atoms with Crippen LogP contribution in [-0.2, 0) is 14.3 Å². The van der Waals surface area contributed by atoms with Crippen LogP contribution in [0.4, 0.5) is 0 Å². The fourth-order valence-corrected chi connectivity index (χ4v) is 3.88. The first-order valence-electron chi connectivity index (χ1n) is 7.88. The van der Waals surface area contributed by atoms with Gasteiger partial charge in [0.05, 0.1) is 12.0 Å². The van der Waals surface area contributed by atoms with Crippen molar-refractivity contribution in [2.24, 2.45) is 11.8 Å². The zero-order valence-electron chi connectivity index (χ0n) is 12.1. The fourth-order valence-electron chi connectivity index (χ4n) is 3.88. The van der Waals surface area contributed by atoms with Gasteiger partial charge in [0.15, 0.2) is 0 Å². The quantitative estimate of drug-likeness (QED) is 0.818. The molecule has 0 aromatic rings. The van der Waals surface area contributed by atoms with Crippen molar-refractivity contribution in [1.82, 2.24) is 10.2 Å². The molecule has 0 aromatic carbocycles. The van der Waals surface area contributed by atoms with Gasteiger partial charge in [-0.15, -0.1) is 0 Å². The van der Waals surface area contributed by atoms with Crippen molar-refractivity contribution in [2.75, 3.05) is 19.7 Å². The molecule has 112 valence electrons. The van der Waals surface area contributed by atoms with E-state index in [1.54, 1.807) is 0 Å². The van der Waals surface area contributed by atoms with Gasteiger partial charge in [-0.1, -0.05) is 6.92 Å². The predicted octanol–water partition coefficient (Wildman–Crippen LogP) is 0.929. The van der Waals surface area contributed by atoms with Gasteiger partial charge in [0, 0.05) is 32.2 Å². The molecule has 0 aliphatic carbocycles. The van der Waals surface area contributed by atoms with Gasteiger partial charge in [0.25, 0.3) is 0 Å². The van der Waals surface area contributed by atoms with Gasteiger partial charge in [0.1, 0.15) is 0 Å². The van der Waals surface area contributed by atoms with Crippen molar-refractivity contribution in [1.29, 1.82) is 0 Å². The Labute approximate surface area is 120 Å². The lowest BCUT2D eigenvalue weighted by Crippen LogP contribution is -2.56. The molecule has 20 heavy (non-hydrogen) atoms. The number of amides is 2. The Morgan fingerprint density at radius 3 is 3.05 bits per heavy atom. The number of ether oxygens (including phenoxy) is 1. The highest BCUT2D eigenvalue weighted by Crippen LogP contribution is 2.30. The number of carbonyl (C=O) groups excluding carboxylic acids is 2. The van der Waals surface area contributed by atoms with E-state index in [0.29, 0.717) is 18.9 Å². The van der Waals surface area contributed by atoms with Crippen LogP contribution in [0, 0.1) is 11.8 Å². The standard InChI is InChI=1S/C15H24N2O3/c1-2-13-11(6-8-20-13)15(19)17-7-5-12-10(9-17)3-4-14(18)16-12/h10-13H,2-9H2,1H3,(H,16,18). The summed E-state index contributed by atoms with van der Waals surface area (Å²) in [6.07, 6.45) is 4.29. The lowest BCUT2D eigenvalue weighted by molar-refractivity contribution is -0.140. The average Bonchev–Trinajstić information content (AvgIpc) is 2.94. The lowest BCUT2D eigenvalue weighted by atomic mass is 9.84. The number of piperidine rings is 2. The van der Waals surface area contributed by atoms with Gasteiger partial charge in [-0.25, -0.2) is 0 Å². The van der Waals surface area contributed by atoms with E-state index < -0.39 is 0 Å². The highest BCUT2D eigenvalue weighted by molar-refractivity contribution is 5.80. The number of nitrogens with zero attached hydrogens (tertiary/aromatic N) is 1. The van der Waals surface area contributed by atoms with Crippen LogP contribution in [0.15, 0.2) is 0 Å². The highest BCUT2D eigenvalue weighted by Gasteiger charge is 2.40. The van der Waals surface area contributed by atoms with Crippen molar-refractivity contribution in [2.45, 2.75) is 51.2 Å². The van der Waals surface area contributed by atoms with E-state index in [1.807, 2.05) is 4.90 Å². The molecule has 0 spiro atoms. The predicted molar refractivity (Wildman–Crippen MR) is 74.0 cm³/mol. The molecule has 3 fully saturated rings. The third kappa shape index (κ3) is 2.55. The van der Waals surface area contributed by atoms with E-state index in [0.717, 1.165) is 38.8 Å². The SMILES string of the molecule is CCC1OCCC1C(=O)N1CCC2NC(=O)CCC2C1. The average molecular weight is 280 g/mol. The van der Waals surface area contributed by atoms with Crippen LogP contribution in [0.3, 0.4) is 0 Å². The maximum absolute atomic E-state index is 12.7. The summed E-state index contributed by atoms with van der Waals surface area (Å²) >= 11 is 0. The molecule has 1 N–H and O–H groups in total. The molecule has 2 amide bonds. The Hall–Kier alpha value is -1.10. The van der Waals surface area contributed by atoms with E-state index in [-0.39, 0.29) is 29.9 Å². The van der Waals surface area contributed by atoms with Gasteiger partial charge in [-0.2, -0.15) is 0 Å². The summed E-state index contributed by atoms with van der Waals surface area (Å²) < 4.78 is 5.64. The first-order valence-corrected chi connectivity index (χ1v) is 7.88. The Bertz CT molecular complexity index is 399. The van der Waals surface area contributed by atoms with Crippen LogP contribution in [-0.4, -0.2) is 48.6 Å². The maximum Gasteiger partial charge on any atom is 0.228 e. The third-order valence-electron chi connectivity index (χ3n) is 5.06. The number of hydrogen-bond acceptors (Lipinski definition) is 3. The van der Waals surface area contributed by atoms with Crippen molar-refractivity contribution < 1.29 is 14.3 Å². The first kappa shape index (κ1) is 13.9. The second kappa shape index (κ2) is 5.72. The van der Waals surface area contributed by atoms with Crippen LogP contribution < -0.4 is 5.32 Å². The Morgan fingerprint density at radius 2 is 2.25 bits per heavy atom. The second-order valence-electron chi connectivity index (χ2n) is 6.26. The first-order chi connectivity index (χ1) is 9.69. The van der Waals surface area contributed by atoms with Gasteiger partial charge in [-0.3, -0.25) is 9.59 Å². The van der Waals surface area contributed by atoms with E-state index in [9.17, 15) is 9.59 Å². The molecule has 4 unspecified atom stereocenters. The van der Waals surface area contributed by atoms with Crippen LogP contribution >= 0.6 is 0 Å². The molecule has 3 heterocycles. The van der Waals surface area contributed by atoms with Gasteiger partial charge < -0.3 is 15.0 Å². The number of fused-ring (bicyclic) bond motifs is 1. The summed E-state index contributed by atoms with van der Waals surface area (Å²) in [6.45, 7) is 4.37. The number of carbonyl (C=O) groups is 2. The zero-order valence-corrected chi connectivity index (χ0v) is 12.1. The second-order valence-corrected chi connectivity index (χ2v) is 6.26. The summed E-state index contributed by atoms with van der Waals surface area (Å²) in [4.78, 5) is 26.1. The zero-order chi connectivity index (χ0) is 14.1. The minimum atomic E-state index is 0.0507. The fraction of sp³-hybridized carbons (Fsp3) is 0.867. The molecule has 0 aromatic heterocycles. The number of hydrogen-bond donors (Lipinski definition) is 1. The number of likely N-dealkylation sites (tertiary alicyclic amines) is 1.